The molecule has 0 saturated heterocycles. The van der Waals surface area contributed by atoms with Gasteiger partial charge in [0.2, 0.25) is 0 Å². The number of carbonyl (C=O) groups is 1. The monoisotopic (exact) mass is 337 g/mol. The minimum absolute atomic E-state index is 0.0702. The third-order valence-electron chi connectivity index (χ3n) is 4.38. The minimum atomic E-state index is -3.40. The molecule has 0 radical (unpaired) electrons. The lowest BCUT2D eigenvalue weighted by Crippen LogP contribution is -2.36. The van der Waals surface area contributed by atoms with Crippen molar-refractivity contribution in [3.8, 4) is 0 Å². The van der Waals surface area contributed by atoms with Crippen LogP contribution >= 0.6 is 0 Å². The molecule has 1 aliphatic rings. The van der Waals surface area contributed by atoms with Crippen molar-refractivity contribution in [1.82, 2.24) is 5.32 Å². The maximum absolute atomic E-state index is 12.6. The van der Waals surface area contributed by atoms with E-state index in [0.29, 0.717) is 6.42 Å². The van der Waals surface area contributed by atoms with Crippen LogP contribution in [0.15, 0.2) is 29.2 Å². The smallest absolute Gasteiger partial charge is 0.252 e. The molecule has 4 nitrogen and oxygen atoms in total. The number of benzene rings is 1. The predicted molar refractivity (Wildman–Crippen MR) is 92.4 cm³/mol. The minimum Gasteiger partial charge on any atom is -0.349 e. The first kappa shape index (κ1) is 18.0. The van der Waals surface area contributed by atoms with Gasteiger partial charge in [0.25, 0.3) is 5.91 Å². The van der Waals surface area contributed by atoms with Gasteiger partial charge in [-0.05, 0) is 31.4 Å². The Hall–Kier alpha value is -1.36. The van der Waals surface area contributed by atoms with Crippen molar-refractivity contribution >= 4 is 15.7 Å². The maximum atomic E-state index is 12.6. The summed E-state index contributed by atoms with van der Waals surface area (Å²) in [5.74, 6) is -0.188. The molecule has 5 heteroatoms. The third kappa shape index (κ3) is 5.06. The van der Waals surface area contributed by atoms with Crippen LogP contribution < -0.4 is 5.32 Å². The van der Waals surface area contributed by atoms with E-state index in [4.69, 9.17) is 0 Å². The van der Waals surface area contributed by atoms with E-state index in [0.717, 1.165) is 25.7 Å². The second-order valence-electron chi connectivity index (χ2n) is 6.33. The van der Waals surface area contributed by atoms with Gasteiger partial charge in [0, 0.05) is 6.04 Å². The van der Waals surface area contributed by atoms with Crippen molar-refractivity contribution in [2.45, 2.75) is 69.2 Å². The highest BCUT2D eigenvalue weighted by molar-refractivity contribution is 7.91. The predicted octanol–water partition coefficient (Wildman–Crippen LogP) is 3.71. The molecule has 1 saturated carbocycles. The lowest BCUT2D eigenvalue weighted by Gasteiger charge is -2.21. The molecule has 0 aromatic heterocycles. The summed E-state index contributed by atoms with van der Waals surface area (Å²) in [6.45, 7) is 1.83. The van der Waals surface area contributed by atoms with E-state index >= 15 is 0 Å². The SMILES string of the molecule is CCCS(=O)(=O)c1ccccc1C(=O)NC1CCCCCCC1. The number of amides is 1. The Morgan fingerprint density at radius 2 is 1.70 bits per heavy atom. The summed E-state index contributed by atoms with van der Waals surface area (Å²) in [5, 5.41) is 3.05. The molecule has 1 N–H and O–H groups in total. The Morgan fingerprint density at radius 3 is 2.35 bits per heavy atom. The van der Waals surface area contributed by atoms with E-state index in [9.17, 15) is 13.2 Å². The second-order valence-corrected chi connectivity index (χ2v) is 8.41. The molecular formula is C18H27NO3S. The molecule has 0 aliphatic heterocycles. The Balaban J connectivity index is 2.16. The first-order valence-corrected chi connectivity index (χ1v) is 10.3. The van der Waals surface area contributed by atoms with Gasteiger partial charge in [-0.15, -0.1) is 0 Å². The largest absolute Gasteiger partial charge is 0.349 e. The highest BCUT2D eigenvalue weighted by Gasteiger charge is 2.23. The van der Waals surface area contributed by atoms with Gasteiger partial charge in [-0.3, -0.25) is 4.79 Å². The zero-order valence-electron chi connectivity index (χ0n) is 13.9. The van der Waals surface area contributed by atoms with E-state index < -0.39 is 9.84 Å². The highest BCUT2D eigenvalue weighted by atomic mass is 32.2. The van der Waals surface area contributed by atoms with Gasteiger partial charge in [-0.25, -0.2) is 8.42 Å². The van der Waals surface area contributed by atoms with Crippen molar-refractivity contribution in [3.63, 3.8) is 0 Å². The fourth-order valence-electron chi connectivity index (χ4n) is 3.17. The number of hydrogen-bond donors (Lipinski definition) is 1. The topological polar surface area (TPSA) is 63.2 Å². The van der Waals surface area contributed by atoms with E-state index in [2.05, 4.69) is 5.32 Å². The fourth-order valence-corrected chi connectivity index (χ4v) is 4.71. The lowest BCUT2D eigenvalue weighted by atomic mass is 9.96. The maximum Gasteiger partial charge on any atom is 0.252 e. The van der Waals surface area contributed by atoms with E-state index in [1.165, 1.54) is 25.3 Å². The van der Waals surface area contributed by atoms with Crippen LogP contribution in [0, 0.1) is 0 Å². The molecule has 0 atom stereocenters. The molecule has 128 valence electrons. The quantitative estimate of drug-likeness (QED) is 0.891. The summed E-state index contributed by atoms with van der Waals surface area (Å²) in [6, 6.07) is 6.70. The van der Waals surface area contributed by atoms with Gasteiger partial charge in [0.05, 0.1) is 16.2 Å². The zero-order valence-corrected chi connectivity index (χ0v) is 14.7. The van der Waals surface area contributed by atoms with Crippen molar-refractivity contribution in [2.75, 3.05) is 5.75 Å². The van der Waals surface area contributed by atoms with Crippen LogP contribution in [0.5, 0.6) is 0 Å². The molecule has 1 fully saturated rings. The van der Waals surface area contributed by atoms with Crippen LogP contribution in [0.2, 0.25) is 0 Å². The van der Waals surface area contributed by atoms with Gasteiger partial charge in [-0.1, -0.05) is 51.2 Å². The van der Waals surface area contributed by atoms with Crippen molar-refractivity contribution in [2.24, 2.45) is 0 Å². The highest BCUT2D eigenvalue weighted by Crippen LogP contribution is 2.20. The Labute approximate surface area is 139 Å². The second kappa shape index (κ2) is 8.48. The molecule has 2 rings (SSSR count). The molecule has 1 amide bonds. The summed E-state index contributed by atoms with van der Waals surface area (Å²) >= 11 is 0. The zero-order chi connectivity index (χ0) is 16.7. The molecule has 0 bridgehead atoms. The summed E-state index contributed by atoms with van der Waals surface area (Å²) < 4.78 is 24.7. The van der Waals surface area contributed by atoms with Crippen LogP contribution in [-0.2, 0) is 9.84 Å². The van der Waals surface area contributed by atoms with Crippen LogP contribution in [0.3, 0.4) is 0 Å². The molecule has 23 heavy (non-hydrogen) atoms. The summed E-state index contributed by atoms with van der Waals surface area (Å²) in [5.41, 5.74) is 0.281. The van der Waals surface area contributed by atoms with Crippen molar-refractivity contribution in [3.05, 3.63) is 29.8 Å². The molecule has 1 aliphatic carbocycles. The van der Waals surface area contributed by atoms with Gasteiger partial charge in [0.1, 0.15) is 0 Å². The summed E-state index contributed by atoms with van der Waals surface area (Å²) in [4.78, 5) is 12.8. The van der Waals surface area contributed by atoms with Gasteiger partial charge >= 0.3 is 0 Å². The van der Waals surface area contributed by atoms with Gasteiger partial charge < -0.3 is 5.32 Å². The molecule has 0 unspecified atom stereocenters. The number of hydrogen-bond acceptors (Lipinski definition) is 3. The average Bonchev–Trinajstić information content (AvgIpc) is 2.49. The van der Waals surface area contributed by atoms with Crippen LogP contribution in [0.1, 0.15) is 68.6 Å². The average molecular weight is 337 g/mol. The molecule has 0 spiro atoms. The number of rotatable bonds is 5. The van der Waals surface area contributed by atoms with Crippen LogP contribution in [-0.4, -0.2) is 26.1 Å². The van der Waals surface area contributed by atoms with Crippen molar-refractivity contribution in [1.29, 1.82) is 0 Å². The lowest BCUT2D eigenvalue weighted by molar-refractivity contribution is 0.0927. The van der Waals surface area contributed by atoms with Crippen molar-refractivity contribution < 1.29 is 13.2 Å². The fraction of sp³-hybridized carbons (Fsp3) is 0.611. The summed E-state index contributed by atoms with van der Waals surface area (Å²) in [7, 11) is -3.40. The normalized spacial score (nSPS) is 17.3. The van der Waals surface area contributed by atoms with E-state index in [1.807, 2.05) is 6.92 Å². The Morgan fingerprint density at radius 1 is 1.09 bits per heavy atom. The van der Waals surface area contributed by atoms with E-state index in [1.54, 1.807) is 18.2 Å². The standard InChI is InChI=1S/C18H27NO3S/c1-2-14-23(21,22)17-13-9-8-12-16(17)18(20)19-15-10-6-4-3-5-7-11-15/h8-9,12-13,15H,2-7,10-11,14H2,1H3,(H,19,20). The molecule has 1 aromatic carbocycles. The molecule has 0 heterocycles. The number of sulfone groups is 1. The van der Waals surface area contributed by atoms with E-state index in [-0.39, 0.29) is 28.2 Å². The van der Waals surface area contributed by atoms with Gasteiger partial charge in [-0.2, -0.15) is 0 Å². The Bertz CT molecular complexity index is 617. The molecular weight excluding hydrogens is 310 g/mol. The Kier molecular flexibility index (Phi) is 6.63. The van der Waals surface area contributed by atoms with Crippen LogP contribution in [0.25, 0.3) is 0 Å². The van der Waals surface area contributed by atoms with Crippen LogP contribution in [0.4, 0.5) is 0 Å². The van der Waals surface area contributed by atoms with Gasteiger partial charge in [0.15, 0.2) is 9.84 Å². The first-order chi connectivity index (χ1) is 11.0. The molecule has 1 aromatic rings. The first-order valence-electron chi connectivity index (χ1n) is 8.67. The third-order valence-corrected chi connectivity index (χ3v) is 6.35. The number of carbonyl (C=O) groups excluding carboxylic acids is 1. The summed E-state index contributed by atoms with van der Waals surface area (Å²) in [6.07, 6.45) is 8.47. The number of nitrogens with one attached hydrogen (secondary N) is 1.